The van der Waals surface area contributed by atoms with Gasteiger partial charge in [0.25, 0.3) is 0 Å². The van der Waals surface area contributed by atoms with Crippen LogP contribution in [0.2, 0.25) is 0 Å². The van der Waals surface area contributed by atoms with Crippen molar-refractivity contribution in [3.63, 3.8) is 0 Å². The van der Waals surface area contributed by atoms with Gasteiger partial charge in [-0.15, -0.1) is 0 Å². The van der Waals surface area contributed by atoms with Gasteiger partial charge in [0, 0.05) is 23.6 Å². The second kappa shape index (κ2) is 6.44. The van der Waals surface area contributed by atoms with Crippen LogP contribution < -0.4 is 5.32 Å². The third-order valence-corrected chi connectivity index (χ3v) is 4.68. The summed E-state index contributed by atoms with van der Waals surface area (Å²) < 4.78 is 0. The van der Waals surface area contributed by atoms with Gasteiger partial charge in [0.05, 0.1) is 17.1 Å². The van der Waals surface area contributed by atoms with Crippen LogP contribution in [-0.4, -0.2) is 16.5 Å². The van der Waals surface area contributed by atoms with Crippen molar-refractivity contribution in [1.29, 1.82) is 0 Å². The molecule has 0 saturated heterocycles. The standard InChI is InChI=1S/C21H21N3/c1-2-15-13-14-22-21-20(15)23-18(16-9-5-3-6-10-16)19(24-21)17-11-7-4-8-12-17/h3-12,15H,2,13-14H2,1H3,(H,22,24). The summed E-state index contributed by atoms with van der Waals surface area (Å²) in [5.41, 5.74) is 5.26. The minimum Gasteiger partial charge on any atom is -0.369 e. The number of rotatable bonds is 3. The predicted molar refractivity (Wildman–Crippen MR) is 99.0 cm³/mol. The first-order valence-electron chi connectivity index (χ1n) is 8.63. The molecule has 0 saturated carbocycles. The quantitative estimate of drug-likeness (QED) is 0.729. The number of aromatic nitrogens is 2. The van der Waals surface area contributed by atoms with Gasteiger partial charge in [-0.05, 0) is 12.8 Å². The summed E-state index contributed by atoms with van der Waals surface area (Å²) in [5.74, 6) is 1.44. The summed E-state index contributed by atoms with van der Waals surface area (Å²) in [6.45, 7) is 3.20. The molecule has 2 heterocycles. The minimum atomic E-state index is 0.487. The van der Waals surface area contributed by atoms with Crippen molar-refractivity contribution in [2.75, 3.05) is 11.9 Å². The Hall–Kier alpha value is -2.68. The van der Waals surface area contributed by atoms with Gasteiger partial charge in [-0.3, -0.25) is 0 Å². The van der Waals surface area contributed by atoms with E-state index < -0.39 is 0 Å². The molecule has 3 aromatic rings. The number of fused-ring (bicyclic) bond motifs is 1. The number of nitrogens with zero attached hydrogens (tertiary/aromatic N) is 2. The van der Waals surface area contributed by atoms with Crippen LogP contribution in [-0.2, 0) is 0 Å². The van der Waals surface area contributed by atoms with Gasteiger partial charge >= 0.3 is 0 Å². The molecule has 4 rings (SSSR count). The van der Waals surface area contributed by atoms with Crippen LogP contribution in [0.5, 0.6) is 0 Å². The first-order valence-corrected chi connectivity index (χ1v) is 8.63. The average Bonchev–Trinajstić information content (AvgIpc) is 2.68. The van der Waals surface area contributed by atoms with E-state index in [2.05, 4.69) is 48.6 Å². The molecule has 24 heavy (non-hydrogen) atoms. The van der Waals surface area contributed by atoms with E-state index in [4.69, 9.17) is 9.97 Å². The van der Waals surface area contributed by atoms with Gasteiger partial charge in [0.2, 0.25) is 0 Å². The highest BCUT2D eigenvalue weighted by atomic mass is 15.0. The number of anilines is 1. The zero-order valence-corrected chi connectivity index (χ0v) is 13.9. The van der Waals surface area contributed by atoms with E-state index in [-0.39, 0.29) is 0 Å². The monoisotopic (exact) mass is 315 g/mol. The summed E-state index contributed by atoms with van der Waals surface area (Å²) in [5, 5.41) is 3.44. The summed E-state index contributed by atoms with van der Waals surface area (Å²) in [7, 11) is 0. The maximum absolute atomic E-state index is 5.09. The minimum absolute atomic E-state index is 0.487. The molecule has 1 atom stereocenters. The molecule has 0 amide bonds. The molecule has 0 radical (unpaired) electrons. The van der Waals surface area contributed by atoms with Gasteiger partial charge in [-0.1, -0.05) is 67.6 Å². The van der Waals surface area contributed by atoms with Crippen molar-refractivity contribution in [3.05, 3.63) is 66.4 Å². The molecule has 3 heteroatoms. The van der Waals surface area contributed by atoms with E-state index in [0.29, 0.717) is 5.92 Å². The maximum Gasteiger partial charge on any atom is 0.148 e. The van der Waals surface area contributed by atoms with Gasteiger partial charge < -0.3 is 5.32 Å². The van der Waals surface area contributed by atoms with E-state index in [1.807, 2.05) is 24.3 Å². The molecule has 1 N–H and O–H groups in total. The van der Waals surface area contributed by atoms with Crippen LogP contribution >= 0.6 is 0 Å². The van der Waals surface area contributed by atoms with Crippen LogP contribution in [0.4, 0.5) is 5.82 Å². The van der Waals surface area contributed by atoms with Crippen LogP contribution in [0.25, 0.3) is 22.5 Å². The van der Waals surface area contributed by atoms with E-state index in [1.54, 1.807) is 0 Å². The molecule has 1 aromatic heterocycles. The first-order chi connectivity index (χ1) is 11.9. The molecule has 0 spiro atoms. The van der Waals surface area contributed by atoms with Gasteiger partial charge in [-0.25, -0.2) is 9.97 Å². The predicted octanol–water partition coefficient (Wildman–Crippen LogP) is 5.12. The summed E-state index contributed by atoms with van der Waals surface area (Å²) >= 11 is 0. The zero-order valence-electron chi connectivity index (χ0n) is 13.9. The van der Waals surface area contributed by atoms with Gasteiger partial charge in [-0.2, -0.15) is 0 Å². The third-order valence-electron chi connectivity index (χ3n) is 4.68. The molecule has 0 fully saturated rings. The number of hydrogen-bond donors (Lipinski definition) is 1. The molecule has 3 nitrogen and oxygen atoms in total. The van der Waals surface area contributed by atoms with Crippen molar-refractivity contribution in [3.8, 4) is 22.5 Å². The normalized spacial score (nSPS) is 16.3. The second-order valence-corrected chi connectivity index (χ2v) is 6.21. The fourth-order valence-corrected chi connectivity index (χ4v) is 3.36. The smallest absolute Gasteiger partial charge is 0.148 e. The van der Waals surface area contributed by atoms with Crippen molar-refractivity contribution >= 4 is 5.82 Å². The SMILES string of the molecule is CCC1CCNc2nc(-c3ccccc3)c(-c3ccccc3)nc21. The van der Waals surface area contributed by atoms with Crippen molar-refractivity contribution in [1.82, 2.24) is 9.97 Å². The Kier molecular flexibility index (Phi) is 3.99. The van der Waals surface area contributed by atoms with E-state index in [9.17, 15) is 0 Å². The summed E-state index contributed by atoms with van der Waals surface area (Å²) in [4.78, 5) is 10.1. The number of nitrogens with one attached hydrogen (secondary N) is 1. The molecule has 1 unspecified atom stereocenters. The number of hydrogen-bond acceptors (Lipinski definition) is 3. The molecule has 2 aromatic carbocycles. The van der Waals surface area contributed by atoms with E-state index in [1.165, 1.54) is 0 Å². The molecule has 1 aliphatic rings. The lowest BCUT2D eigenvalue weighted by Gasteiger charge is -2.25. The van der Waals surface area contributed by atoms with Gasteiger partial charge in [0.1, 0.15) is 5.82 Å². The summed E-state index contributed by atoms with van der Waals surface area (Å²) in [6, 6.07) is 20.7. The molecule has 0 bridgehead atoms. The molecular weight excluding hydrogens is 294 g/mol. The lowest BCUT2D eigenvalue weighted by molar-refractivity contribution is 0.587. The maximum atomic E-state index is 5.09. The van der Waals surface area contributed by atoms with Gasteiger partial charge in [0.15, 0.2) is 0 Å². The van der Waals surface area contributed by atoms with Crippen LogP contribution in [0.15, 0.2) is 60.7 Å². The highest BCUT2D eigenvalue weighted by molar-refractivity contribution is 5.79. The Morgan fingerprint density at radius 1 is 0.875 bits per heavy atom. The Morgan fingerprint density at radius 3 is 2.04 bits per heavy atom. The average molecular weight is 315 g/mol. The molecule has 0 aliphatic carbocycles. The largest absolute Gasteiger partial charge is 0.369 e. The zero-order chi connectivity index (χ0) is 16.4. The van der Waals surface area contributed by atoms with Crippen molar-refractivity contribution < 1.29 is 0 Å². The van der Waals surface area contributed by atoms with Crippen molar-refractivity contribution in [2.45, 2.75) is 25.7 Å². The fourth-order valence-electron chi connectivity index (χ4n) is 3.36. The Morgan fingerprint density at radius 2 is 1.46 bits per heavy atom. The Balaban J connectivity index is 1.95. The van der Waals surface area contributed by atoms with Crippen LogP contribution in [0.3, 0.4) is 0 Å². The Bertz CT molecular complexity index is 828. The second-order valence-electron chi connectivity index (χ2n) is 6.21. The molecule has 1 aliphatic heterocycles. The number of benzene rings is 2. The highest BCUT2D eigenvalue weighted by Gasteiger charge is 2.24. The van der Waals surface area contributed by atoms with E-state index >= 15 is 0 Å². The highest BCUT2D eigenvalue weighted by Crippen LogP contribution is 2.37. The topological polar surface area (TPSA) is 37.8 Å². The Labute approximate surface area is 142 Å². The first kappa shape index (κ1) is 14.9. The lowest BCUT2D eigenvalue weighted by atomic mass is 9.94. The fraction of sp³-hybridized carbons (Fsp3) is 0.238. The van der Waals surface area contributed by atoms with Crippen molar-refractivity contribution in [2.24, 2.45) is 0 Å². The van der Waals surface area contributed by atoms with E-state index in [0.717, 1.165) is 53.4 Å². The third kappa shape index (κ3) is 2.67. The molecular formula is C21H21N3. The molecule has 120 valence electrons. The van der Waals surface area contributed by atoms with Crippen LogP contribution in [0.1, 0.15) is 31.4 Å². The van der Waals surface area contributed by atoms with Crippen LogP contribution in [0, 0.1) is 0 Å². The lowest BCUT2D eigenvalue weighted by Crippen LogP contribution is -2.20. The summed E-state index contributed by atoms with van der Waals surface area (Å²) in [6.07, 6.45) is 2.22.